The van der Waals surface area contributed by atoms with E-state index in [-0.39, 0.29) is 37.4 Å². The van der Waals surface area contributed by atoms with Gasteiger partial charge in [-0.05, 0) is 35.4 Å². The predicted molar refractivity (Wildman–Crippen MR) is 155 cm³/mol. The summed E-state index contributed by atoms with van der Waals surface area (Å²) in [6.07, 6.45) is -3.93. The first kappa shape index (κ1) is 32.0. The molecular weight excluding hydrogens is 583 g/mol. The summed E-state index contributed by atoms with van der Waals surface area (Å²) >= 11 is 0. The van der Waals surface area contributed by atoms with Gasteiger partial charge in [0.25, 0.3) is 11.8 Å². The summed E-state index contributed by atoms with van der Waals surface area (Å²) in [6, 6.07) is 11.7. The van der Waals surface area contributed by atoms with E-state index >= 15 is 0 Å². The van der Waals surface area contributed by atoms with Crippen molar-refractivity contribution in [2.45, 2.75) is 12.2 Å². The van der Waals surface area contributed by atoms with Crippen LogP contribution in [-0.4, -0.2) is 88.6 Å². The van der Waals surface area contributed by atoms with E-state index in [9.17, 15) is 27.6 Å². The second kappa shape index (κ2) is 13.6. The lowest BCUT2D eigenvalue weighted by atomic mass is 9.98. The van der Waals surface area contributed by atoms with E-state index in [0.29, 0.717) is 40.5 Å². The molecule has 1 aliphatic heterocycles. The van der Waals surface area contributed by atoms with Crippen molar-refractivity contribution >= 4 is 23.8 Å². The number of carbonyl (C=O) groups is 3. The molecule has 0 aliphatic carbocycles. The number of nitrogens with one attached hydrogen (secondary N) is 1. The molecule has 3 aromatic rings. The first-order chi connectivity index (χ1) is 21.0. The summed E-state index contributed by atoms with van der Waals surface area (Å²) in [5, 5.41) is 2.92. The van der Waals surface area contributed by atoms with Crippen molar-refractivity contribution in [1.82, 2.24) is 9.80 Å². The molecule has 1 aliphatic rings. The zero-order valence-electron chi connectivity index (χ0n) is 24.6. The van der Waals surface area contributed by atoms with Gasteiger partial charge in [-0.3, -0.25) is 9.59 Å². The smallest absolute Gasteiger partial charge is 0.416 e. The molecule has 1 N–H and O–H groups in total. The van der Waals surface area contributed by atoms with Gasteiger partial charge < -0.3 is 38.9 Å². The summed E-state index contributed by atoms with van der Waals surface area (Å²) in [5.74, 6) is 0.459. The van der Waals surface area contributed by atoms with Crippen LogP contribution >= 0.6 is 0 Å². The van der Waals surface area contributed by atoms with Crippen LogP contribution in [0.25, 0.3) is 11.1 Å². The maximum absolute atomic E-state index is 13.7. The molecule has 1 atom stereocenters. The summed E-state index contributed by atoms with van der Waals surface area (Å²) in [7, 11) is 5.98. The summed E-state index contributed by atoms with van der Waals surface area (Å²) in [6.45, 7) is -0.221. The first-order valence-corrected chi connectivity index (χ1v) is 13.5. The second-order valence-electron chi connectivity index (χ2n) is 9.78. The third-order valence-electron chi connectivity index (χ3n) is 7.23. The number of hydrogen-bond acceptors (Lipinski definition) is 8. The van der Waals surface area contributed by atoms with Gasteiger partial charge in [0.15, 0.2) is 18.1 Å². The van der Waals surface area contributed by atoms with Crippen molar-refractivity contribution in [2.75, 3.05) is 59.9 Å². The fraction of sp³-hybridized carbons (Fsp3) is 0.323. The highest BCUT2D eigenvalue weighted by atomic mass is 19.4. The molecule has 3 aromatic carbocycles. The number of hydrogen-bond donors (Lipinski definition) is 1. The van der Waals surface area contributed by atoms with Crippen molar-refractivity contribution in [3.8, 4) is 34.1 Å². The summed E-state index contributed by atoms with van der Waals surface area (Å²) < 4.78 is 61.5. The van der Waals surface area contributed by atoms with Crippen molar-refractivity contribution in [3.63, 3.8) is 0 Å². The molecule has 0 aromatic heterocycles. The van der Waals surface area contributed by atoms with Crippen LogP contribution in [0.3, 0.4) is 0 Å². The van der Waals surface area contributed by atoms with E-state index in [0.717, 1.165) is 12.1 Å². The summed E-state index contributed by atoms with van der Waals surface area (Å²) in [5.41, 5.74) is 0.494. The van der Waals surface area contributed by atoms with E-state index in [1.807, 2.05) is 0 Å². The zero-order valence-corrected chi connectivity index (χ0v) is 24.6. The Hall–Kier alpha value is -4.94. The number of nitrogens with zero attached hydrogens (tertiary/aromatic N) is 2. The number of rotatable bonds is 10. The molecule has 0 saturated carbocycles. The lowest BCUT2D eigenvalue weighted by Crippen LogP contribution is -2.57. The minimum Gasteiger partial charge on any atom is -0.493 e. The van der Waals surface area contributed by atoms with E-state index in [1.54, 1.807) is 31.3 Å². The van der Waals surface area contributed by atoms with Gasteiger partial charge in [-0.2, -0.15) is 13.2 Å². The van der Waals surface area contributed by atoms with Gasteiger partial charge in [0.1, 0.15) is 18.1 Å². The van der Waals surface area contributed by atoms with Crippen LogP contribution in [0.1, 0.15) is 15.9 Å². The normalized spacial score (nSPS) is 14.9. The Morgan fingerprint density at radius 1 is 0.955 bits per heavy atom. The van der Waals surface area contributed by atoms with E-state index in [2.05, 4.69) is 5.32 Å². The standard InChI is InChI=1S/C31H32F3N3O7/c1-35-25-9-8-20(19-6-5-7-21(12-19)31(32,33)34)13-24(25)30(40)37-11-10-36(16-22(37)17-38)28(39)18-44-23-14-26(41-2)29(43-4)27(15-23)42-3/h5-9,12-15,17,22,35H,10-11,16,18H2,1-4H3. The van der Waals surface area contributed by atoms with Gasteiger partial charge in [0.05, 0.1) is 32.5 Å². The Morgan fingerprint density at radius 2 is 1.64 bits per heavy atom. The van der Waals surface area contributed by atoms with Gasteiger partial charge in [0.2, 0.25) is 5.75 Å². The minimum absolute atomic E-state index is 0.0507. The Labute approximate surface area is 252 Å². The molecule has 1 fully saturated rings. The van der Waals surface area contributed by atoms with E-state index < -0.39 is 29.6 Å². The second-order valence-corrected chi connectivity index (χ2v) is 9.78. The Morgan fingerprint density at radius 3 is 2.23 bits per heavy atom. The zero-order chi connectivity index (χ0) is 32.0. The molecule has 1 heterocycles. The molecule has 44 heavy (non-hydrogen) atoms. The Bertz CT molecular complexity index is 1500. The fourth-order valence-electron chi connectivity index (χ4n) is 4.93. The average molecular weight is 616 g/mol. The molecule has 234 valence electrons. The van der Waals surface area contributed by atoms with Crippen LogP contribution in [0.4, 0.5) is 18.9 Å². The molecule has 4 rings (SSSR count). The number of ether oxygens (including phenoxy) is 4. The first-order valence-electron chi connectivity index (χ1n) is 13.5. The SMILES string of the molecule is CNc1ccc(-c2cccc(C(F)(F)F)c2)cc1C(=O)N1CCN(C(=O)COc2cc(OC)c(OC)c(OC)c2)CC1C=O. The summed E-state index contributed by atoms with van der Waals surface area (Å²) in [4.78, 5) is 41.6. The quantitative estimate of drug-likeness (QED) is 0.336. The van der Waals surface area contributed by atoms with Crippen LogP contribution in [0.5, 0.6) is 23.0 Å². The lowest BCUT2D eigenvalue weighted by molar-refractivity contribution is -0.138. The highest BCUT2D eigenvalue weighted by Gasteiger charge is 2.34. The number of alkyl halides is 3. The van der Waals surface area contributed by atoms with Gasteiger partial charge in [-0.1, -0.05) is 18.2 Å². The lowest BCUT2D eigenvalue weighted by Gasteiger charge is -2.39. The van der Waals surface area contributed by atoms with Crippen molar-refractivity contribution in [2.24, 2.45) is 0 Å². The number of benzene rings is 3. The number of methoxy groups -OCH3 is 3. The largest absolute Gasteiger partial charge is 0.493 e. The highest BCUT2D eigenvalue weighted by Crippen LogP contribution is 2.41. The van der Waals surface area contributed by atoms with E-state index in [1.165, 1.54) is 49.3 Å². The molecule has 1 saturated heterocycles. The minimum atomic E-state index is -4.52. The Kier molecular flexibility index (Phi) is 9.87. The molecule has 0 bridgehead atoms. The third-order valence-corrected chi connectivity index (χ3v) is 7.23. The van der Waals surface area contributed by atoms with Crippen molar-refractivity contribution in [3.05, 3.63) is 65.7 Å². The molecule has 0 radical (unpaired) electrons. The number of anilines is 1. The number of piperazine rings is 1. The van der Waals surface area contributed by atoms with Gasteiger partial charge in [0, 0.05) is 44.5 Å². The molecule has 10 nitrogen and oxygen atoms in total. The third kappa shape index (κ3) is 6.82. The number of halogens is 3. The van der Waals surface area contributed by atoms with Crippen LogP contribution < -0.4 is 24.3 Å². The maximum atomic E-state index is 13.7. The predicted octanol–water partition coefficient (Wildman–Crippen LogP) is 4.37. The van der Waals surface area contributed by atoms with Gasteiger partial charge in [-0.15, -0.1) is 0 Å². The molecule has 13 heteroatoms. The monoisotopic (exact) mass is 615 g/mol. The van der Waals surface area contributed by atoms with E-state index in [4.69, 9.17) is 18.9 Å². The van der Waals surface area contributed by atoms with Crippen LogP contribution in [-0.2, 0) is 15.8 Å². The number of carbonyl (C=O) groups excluding carboxylic acids is 3. The van der Waals surface area contributed by atoms with Crippen LogP contribution in [0.15, 0.2) is 54.6 Å². The van der Waals surface area contributed by atoms with Crippen LogP contribution in [0.2, 0.25) is 0 Å². The van der Waals surface area contributed by atoms with Crippen molar-refractivity contribution < 1.29 is 46.5 Å². The van der Waals surface area contributed by atoms with Gasteiger partial charge in [-0.25, -0.2) is 0 Å². The van der Waals surface area contributed by atoms with Crippen LogP contribution in [0, 0.1) is 0 Å². The topological polar surface area (TPSA) is 107 Å². The average Bonchev–Trinajstić information content (AvgIpc) is 3.05. The highest BCUT2D eigenvalue weighted by molar-refractivity contribution is 6.02. The number of amides is 2. The molecular formula is C31H32F3N3O7. The number of aldehydes is 1. The molecule has 1 unspecified atom stereocenters. The Balaban J connectivity index is 1.49. The molecule has 2 amide bonds. The maximum Gasteiger partial charge on any atom is 0.416 e. The van der Waals surface area contributed by atoms with Crippen molar-refractivity contribution in [1.29, 1.82) is 0 Å². The molecule has 0 spiro atoms. The van der Waals surface area contributed by atoms with Gasteiger partial charge >= 0.3 is 6.18 Å². The fourth-order valence-corrected chi connectivity index (χ4v) is 4.93.